The SMILES string of the molecule is COc1ccc(CC(=O)N2CCC(Oc3ccc(-c4noc(C(F)(F)F)n4)cc3)CC2)cc1. The molecule has 33 heavy (non-hydrogen) atoms. The number of halogens is 3. The third-order valence-corrected chi connectivity index (χ3v) is 5.39. The van der Waals surface area contributed by atoms with E-state index in [9.17, 15) is 18.0 Å². The molecular formula is C23H22F3N3O4. The number of piperidine rings is 1. The predicted octanol–water partition coefficient (Wildman–Crippen LogP) is 4.38. The lowest BCUT2D eigenvalue weighted by Gasteiger charge is -2.32. The number of hydrogen-bond acceptors (Lipinski definition) is 6. The molecule has 174 valence electrons. The minimum absolute atomic E-state index is 0.0529. The zero-order valence-corrected chi connectivity index (χ0v) is 17.8. The zero-order valence-electron chi connectivity index (χ0n) is 17.8. The molecule has 1 aromatic heterocycles. The van der Waals surface area contributed by atoms with Gasteiger partial charge in [0.25, 0.3) is 0 Å². The van der Waals surface area contributed by atoms with Crippen LogP contribution in [0.5, 0.6) is 11.5 Å². The molecule has 0 atom stereocenters. The van der Waals surface area contributed by atoms with Crippen molar-refractivity contribution in [2.24, 2.45) is 0 Å². The Hall–Kier alpha value is -3.56. The van der Waals surface area contributed by atoms with E-state index in [1.165, 1.54) is 0 Å². The fraction of sp³-hybridized carbons (Fsp3) is 0.348. The lowest BCUT2D eigenvalue weighted by molar-refractivity contribution is -0.159. The van der Waals surface area contributed by atoms with E-state index in [4.69, 9.17) is 9.47 Å². The van der Waals surface area contributed by atoms with E-state index in [1.807, 2.05) is 29.2 Å². The second-order valence-electron chi connectivity index (χ2n) is 7.67. The molecule has 1 fully saturated rings. The zero-order chi connectivity index (χ0) is 23.4. The van der Waals surface area contributed by atoms with Gasteiger partial charge in [-0.1, -0.05) is 17.3 Å². The number of ether oxygens (including phenoxy) is 2. The van der Waals surface area contributed by atoms with Crippen LogP contribution in [-0.2, 0) is 17.4 Å². The average Bonchev–Trinajstić information content (AvgIpc) is 3.32. The van der Waals surface area contributed by atoms with Crippen molar-refractivity contribution in [2.45, 2.75) is 31.5 Å². The van der Waals surface area contributed by atoms with Gasteiger partial charge in [-0.3, -0.25) is 4.79 Å². The van der Waals surface area contributed by atoms with Crippen LogP contribution < -0.4 is 9.47 Å². The van der Waals surface area contributed by atoms with E-state index in [-0.39, 0.29) is 17.8 Å². The highest BCUT2D eigenvalue weighted by Gasteiger charge is 2.38. The van der Waals surface area contributed by atoms with Gasteiger partial charge in [-0.05, 0) is 42.0 Å². The number of likely N-dealkylation sites (tertiary alicyclic amines) is 1. The lowest BCUT2D eigenvalue weighted by Crippen LogP contribution is -2.42. The summed E-state index contributed by atoms with van der Waals surface area (Å²) in [6, 6.07) is 13.9. The Morgan fingerprint density at radius 2 is 1.70 bits per heavy atom. The second kappa shape index (κ2) is 9.51. The van der Waals surface area contributed by atoms with Crippen LogP contribution in [0.15, 0.2) is 53.1 Å². The quantitative estimate of drug-likeness (QED) is 0.542. The van der Waals surface area contributed by atoms with Gasteiger partial charge in [0.15, 0.2) is 0 Å². The summed E-state index contributed by atoms with van der Waals surface area (Å²) in [6.07, 6.45) is -3.02. The van der Waals surface area contributed by atoms with Crippen LogP contribution in [0.3, 0.4) is 0 Å². The standard InChI is InChI=1S/C23H22F3N3O4/c1-31-17-6-2-15(3-7-17)14-20(30)29-12-10-19(11-13-29)32-18-8-4-16(5-9-18)21-27-22(33-28-21)23(24,25)26/h2-9,19H,10-14H2,1H3. The van der Waals surface area contributed by atoms with Crippen LogP contribution in [0.25, 0.3) is 11.4 Å². The monoisotopic (exact) mass is 461 g/mol. The molecule has 1 saturated heterocycles. The van der Waals surface area contributed by atoms with Gasteiger partial charge in [-0.15, -0.1) is 0 Å². The molecule has 7 nitrogen and oxygen atoms in total. The first kappa shape index (κ1) is 22.6. The molecule has 0 unspecified atom stereocenters. The number of alkyl halides is 3. The summed E-state index contributed by atoms with van der Waals surface area (Å²) in [5, 5.41) is 3.37. The van der Waals surface area contributed by atoms with Gasteiger partial charge < -0.3 is 18.9 Å². The minimum Gasteiger partial charge on any atom is -0.497 e. The number of benzene rings is 2. The largest absolute Gasteiger partial charge is 0.497 e. The Kier molecular flexibility index (Phi) is 6.52. The van der Waals surface area contributed by atoms with E-state index in [0.717, 1.165) is 11.3 Å². The summed E-state index contributed by atoms with van der Waals surface area (Å²) in [5.41, 5.74) is 1.32. The van der Waals surface area contributed by atoms with Crippen molar-refractivity contribution in [3.05, 3.63) is 60.0 Å². The second-order valence-corrected chi connectivity index (χ2v) is 7.67. The first-order valence-corrected chi connectivity index (χ1v) is 10.4. The first-order chi connectivity index (χ1) is 15.8. The molecular weight excluding hydrogens is 439 g/mol. The van der Waals surface area contributed by atoms with Crippen LogP contribution in [0, 0.1) is 0 Å². The van der Waals surface area contributed by atoms with Gasteiger partial charge >= 0.3 is 12.1 Å². The molecule has 1 aliphatic rings. The van der Waals surface area contributed by atoms with Crippen molar-refractivity contribution in [3.8, 4) is 22.9 Å². The van der Waals surface area contributed by atoms with Crippen LogP contribution in [0.4, 0.5) is 13.2 Å². The molecule has 1 amide bonds. The van der Waals surface area contributed by atoms with Crippen LogP contribution in [-0.4, -0.2) is 47.3 Å². The molecule has 4 rings (SSSR count). The van der Waals surface area contributed by atoms with Gasteiger partial charge in [0.05, 0.1) is 13.5 Å². The molecule has 0 bridgehead atoms. The maximum atomic E-state index is 12.6. The Bertz CT molecular complexity index is 1070. The number of carbonyl (C=O) groups excluding carboxylic acids is 1. The molecule has 0 aliphatic carbocycles. The Balaban J connectivity index is 1.27. The highest BCUT2D eigenvalue weighted by atomic mass is 19.4. The van der Waals surface area contributed by atoms with E-state index in [2.05, 4.69) is 14.7 Å². The van der Waals surface area contributed by atoms with E-state index in [0.29, 0.717) is 43.7 Å². The summed E-state index contributed by atoms with van der Waals surface area (Å²) in [5.74, 6) is -0.119. The average molecular weight is 461 g/mol. The van der Waals surface area contributed by atoms with Crippen molar-refractivity contribution in [2.75, 3.05) is 20.2 Å². The van der Waals surface area contributed by atoms with E-state index in [1.54, 1.807) is 31.4 Å². The fourth-order valence-corrected chi connectivity index (χ4v) is 3.58. The number of aromatic nitrogens is 2. The molecule has 0 radical (unpaired) electrons. The number of nitrogens with zero attached hydrogens (tertiary/aromatic N) is 3. The van der Waals surface area contributed by atoms with Gasteiger partial charge in [-0.2, -0.15) is 18.2 Å². The lowest BCUT2D eigenvalue weighted by atomic mass is 10.1. The van der Waals surface area contributed by atoms with Crippen molar-refractivity contribution in [3.63, 3.8) is 0 Å². The summed E-state index contributed by atoms with van der Waals surface area (Å²) in [6.45, 7) is 1.20. The highest BCUT2D eigenvalue weighted by Crippen LogP contribution is 2.30. The number of amides is 1. The Labute approximate surface area is 188 Å². The third kappa shape index (κ3) is 5.63. The minimum atomic E-state index is -4.68. The molecule has 3 aromatic rings. The Morgan fingerprint density at radius 1 is 1.06 bits per heavy atom. The topological polar surface area (TPSA) is 77.7 Å². The Morgan fingerprint density at radius 3 is 2.27 bits per heavy atom. The number of methoxy groups -OCH3 is 1. The van der Waals surface area contributed by atoms with Crippen molar-refractivity contribution in [1.82, 2.24) is 15.0 Å². The smallest absolute Gasteiger partial charge is 0.471 e. The molecule has 10 heteroatoms. The van der Waals surface area contributed by atoms with E-state index >= 15 is 0 Å². The molecule has 1 aliphatic heterocycles. The molecule has 0 N–H and O–H groups in total. The molecule has 2 heterocycles. The van der Waals surface area contributed by atoms with Crippen LogP contribution in [0.2, 0.25) is 0 Å². The van der Waals surface area contributed by atoms with Crippen molar-refractivity contribution >= 4 is 5.91 Å². The molecule has 0 saturated carbocycles. The van der Waals surface area contributed by atoms with Gasteiger partial charge in [0.1, 0.15) is 17.6 Å². The summed E-state index contributed by atoms with van der Waals surface area (Å²) >= 11 is 0. The number of rotatable bonds is 6. The summed E-state index contributed by atoms with van der Waals surface area (Å²) in [4.78, 5) is 17.8. The first-order valence-electron chi connectivity index (χ1n) is 10.4. The third-order valence-electron chi connectivity index (χ3n) is 5.39. The van der Waals surface area contributed by atoms with Crippen LogP contribution in [0.1, 0.15) is 24.3 Å². The molecule has 2 aromatic carbocycles. The van der Waals surface area contributed by atoms with Gasteiger partial charge in [0.2, 0.25) is 11.7 Å². The maximum Gasteiger partial charge on any atom is 0.471 e. The number of hydrogen-bond donors (Lipinski definition) is 0. The normalized spacial score (nSPS) is 14.8. The predicted molar refractivity (Wildman–Crippen MR) is 112 cm³/mol. The van der Waals surface area contributed by atoms with Gasteiger partial charge in [-0.25, -0.2) is 0 Å². The van der Waals surface area contributed by atoms with Crippen LogP contribution >= 0.6 is 0 Å². The highest BCUT2D eigenvalue weighted by molar-refractivity contribution is 5.78. The van der Waals surface area contributed by atoms with Gasteiger partial charge in [0, 0.05) is 31.5 Å². The van der Waals surface area contributed by atoms with Crippen molar-refractivity contribution in [1.29, 1.82) is 0 Å². The van der Waals surface area contributed by atoms with Crippen molar-refractivity contribution < 1.29 is 32.0 Å². The molecule has 0 spiro atoms. The fourth-order valence-electron chi connectivity index (χ4n) is 3.58. The summed E-state index contributed by atoms with van der Waals surface area (Å²) in [7, 11) is 1.60. The maximum absolute atomic E-state index is 12.6. The van der Waals surface area contributed by atoms with E-state index < -0.39 is 12.1 Å². The number of carbonyl (C=O) groups is 1. The summed E-state index contributed by atoms with van der Waals surface area (Å²) < 4.78 is 53.2.